The van der Waals surface area contributed by atoms with Gasteiger partial charge in [-0.25, -0.2) is 9.69 Å². The van der Waals surface area contributed by atoms with Crippen LogP contribution >= 0.6 is 15.9 Å². The standard InChI is InChI=1S/C20H17BrN2O4/c1-11-4-6-14(8-12(11)2)23-19(25)15(18(24)22-20(23)26)9-13-5-7-17(27-3)16(21)10-13/h4-10H,1-3H3,(H,22,24,26)/b15-9-. The fourth-order valence-corrected chi connectivity index (χ4v) is 3.25. The van der Waals surface area contributed by atoms with Gasteiger partial charge in [0, 0.05) is 0 Å². The maximum atomic E-state index is 12.9. The summed E-state index contributed by atoms with van der Waals surface area (Å²) in [5, 5.41) is 2.22. The first kappa shape index (κ1) is 18.8. The van der Waals surface area contributed by atoms with Crippen molar-refractivity contribution < 1.29 is 19.1 Å². The third-order valence-corrected chi connectivity index (χ3v) is 4.96. The minimum Gasteiger partial charge on any atom is -0.496 e. The lowest BCUT2D eigenvalue weighted by Gasteiger charge is -2.26. The first-order chi connectivity index (χ1) is 12.8. The smallest absolute Gasteiger partial charge is 0.335 e. The van der Waals surface area contributed by atoms with Crippen LogP contribution in [0.4, 0.5) is 10.5 Å². The number of imide groups is 2. The van der Waals surface area contributed by atoms with Gasteiger partial charge in [0.25, 0.3) is 11.8 Å². The molecule has 1 aliphatic rings. The van der Waals surface area contributed by atoms with Crippen molar-refractivity contribution in [1.29, 1.82) is 0 Å². The third-order valence-electron chi connectivity index (χ3n) is 4.34. The summed E-state index contributed by atoms with van der Waals surface area (Å²) in [6, 6.07) is 9.64. The molecule has 2 aromatic carbocycles. The van der Waals surface area contributed by atoms with E-state index in [4.69, 9.17) is 4.74 Å². The number of ether oxygens (including phenoxy) is 1. The van der Waals surface area contributed by atoms with Gasteiger partial charge in [-0.15, -0.1) is 0 Å². The Labute approximate surface area is 164 Å². The number of nitrogens with zero attached hydrogens (tertiary/aromatic N) is 1. The van der Waals surface area contributed by atoms with E-state index in [1.807, 2.05) is 19.9 Å². The lowest BCUT2D eigenvalue weighted by molar-refractivity contribution is -0.122. The quantitative estimate of drug-likeness (QED) is 0.596. The summed E-state index contributed by atoms with van der Waals surface area (Å²) >= 11 is 3.37. The number of anilines is 1. The summed E-state index contributed by atoms with van der Waals surface area (Å²) in [7, 11) is 1.55. The van der Waals surface area contributed by atoms with Gasteiger partial charge in [0.15, 0.2) is 0 Å². The highest BCUT2D eigenvalue weighted by Crippen LogP contribution is 2.28. The first-order valence-corrected chi connectivity index (χ1v) is 8.93. The van der Waals surface area contributed by atoms with Crippen LogP contribution in [0.25, 0.3) is 6.08 Å². The number of amides is 4. The van der Waals surface area contributed by atoms with E-state index < -0.39 is 17.8 Å². The predicted molar refractivity (Wildman–Crippen MR) is 106 cm³/mol. The number of aryl methyl sites for hydroxylation is 2. The molecule has 0 aromatic heterocycles. The molecule has 0 spiro atoms. The fourth-order valence-electron chi connectivity index (χ4n) is 2.70. The van der Waals surface area contributed by atoms with Gasteiger partial charge in [-0.05, 0) is 76.8 Å². The molecule has 138 valence electrons. The molecule has 4 amide bonds. The van der Waals surface area contributed by atoms with Gasteiger partial charge in [-0.3, -0.25) is 14.9 Å². The van der Waals surface area contributed by atoms with E-state index >= 15 is 0 Å². The molecule has 1 saturated heterocycles. The van der Waals surface area contributed by atoms with Crippen molar-refractivity contribution in [3.8, 4) is 5.75 Å². The molecule has 7 heteroatoms. The van der Waals surface area contributed by atoms with Gasteiger partial charge in [0.05, 0.1) is 17.3 Å². The van der Waals surface area contributed by atoms with E-state index in [2.05, 4.69) is 21.2 Å². The summed E-state index contributed by atoms with van der Waals surface area (Å²) < 4.78 is 5.86. The van der Waals surface area contributed by atoms with E-state index in [0.717, 1.165) is 16.0 Å². The lowest BCUT2D eigenvalue weighted by atomic mass is 10.1. The highest BCUT2D eigenvalue weighted by atomic mass is 79.9. The van der Waals surface area contributed by atoms with Crippen LogP contribution < -0.4 is 15.0 Å². The molecule has 0 aliphatic carbocycles. The molecule has 0 bridgehead atoms. The number of barbiturate groups is 1. The number of halogens is 1. The van der Waals surface area contributed by atoms with Crippen LogP contribution in [0.5, 0.6) is 5.75 Å². The van der Waals surface area contributed by atoms with Gasteiger partial charge >= 0.3 is 6.03 Å². The summed E-state index contributed by atoms with van der Waals surface area (Å²) in [5.74, 6) is -0.764. The Kier molecular flexibility index (Phi) is 5.14. The van der Waals surface area contributed by atoms with E-state index in [-0.39, 0.29) is 5.57 Å². The van der Waals surface area contributed by atoms with Crippen molar-refractivity contribution in [2.24, 2.45) is 0 Å². The van der Waals surface area contributed by atoms with Gasteiger partial charge in [0.1, 0.15) is 11.3 Å². The monoisotopic (exact) mass is 428 g/mol. The predicted octanol–water partition coefficient (Wildman–Crippen LogP) is 3.74. The van der Waals surface area contributed by atoms with Crippen LogP contribution in [0, 0.1) is 13.8 Å². The maximum Gasteiger partial charge on any atom is 0.335 e. The summed E-state index contributed by atoms with van der Waals surface area (Å²) in [6.45, 7) is 3.83. The Bertz CT molecular complexity index is 997. The molecule has 27 heavy (non-hydrogen) atoms. The van der Waals surface area contributed by atoms with Crippen LogP contribution in [0.3, 0.4) is 0 Å². The summed E-state index contributed by atoms with van der Waals surface area (Å²) in [4.78, 5) is 38.4. The third kappa shape index (κ3) is 3.64. The molecule has 0 unspecified atom stereocenters. The number of carbonyl (C=O) groups is 3. The van der Waals surface area contributed by atoms with Gasteiger partial charge < -0.3 is 4.74 Å². The van der Waals surface area contributed by atoms with Crippen LogP contribution in [-0.2, 0) is 9.59 Å². The van der Waals surface area contributed by atoms with Crippen molar-refractivity contribution in [2.45, 2.75) is 13.8 Å². The van der Waals surface area contributed by atoms with Crippen molar-refractivity contribution in [1.82, 2.24) is 5.32 Å². The number of rotatable bonds is 3. The minimum atomic E-state index is -0.763. The number of methoxy groups -OCH3 is 1. The zero-order valence-electron chi connectivity index (χ0n) is 15.0. The zero-order chi connectivity index (χ0) is 19.7. The van der Waals surface area contributed by atoms with Crippen LogP contribution in [-0.4, -0.2) is 25.0 Å². The highest BCUT2D eigenvalue weighted by molar-refractivity contribution is 9.10. The number of carbonyl (C=O) groups excluding carboxylic acids is 3. The zero-order valence-corrected chi connectivity index (χ0v) is 16.6. The number of benzene rings is 2. The molecule has 0 atom stereocenters. The number of hydrogen-bond donors (Lipinski definition) is 1. The Morgan fingerprint density at radius 1 is 1.04 bits per heavy atom. The fraction of sp³-hybridized carbons (Fsp3) is 0.150. The van der Waals surface area contributed by atoms with Crippen molar-refractivity contribution in [3.05, 3.63) is 63.1 Å². The first-order valence-electron chi connectivity index (χ1n) is 8.14. The van der Waals surface area contributed by atoms with E-state index in [1.165, 1.54) is 6.08 Å². The van der Waals surface area contributed by atoms with Crippen molar-refractivity contribution >= 4 is 45.5 Å². The van der Waals surface area contributed by atoms with Crippen LogP contribution in [0.2, 0.25) is 0 Å². The van der Waals surface area contributed by atoms with Crippen LogP contribution in [0.1, 0.15) is 16.7 Å². The van der Waals surface area contributed by atoms with Crippen molar-refractivity contribution in [2.75, 3.05) is 12.0 Å². The van der Waals surface area contributed by atoms with E-state index in [0.29, 0.717) is 21.5 Å². The highest BCUT2D eigenvalue weighted by Gasteiger charge is 2.36. The molecule has 2 aromatic rings. The molecule has 1 heterocycles. The van der Waals surface area contributed by atoms with E-state index in [1.54, 1.807) is 37.4 Å². The minimum absolute atomic E-state index is 0.120. The SMILES string of the molecule is COc1ccc(/C=C2/C(=O)NC(=O)N(c3ccc(C)c(C)c3)C2=O)cc1Br. The molecule has 3 rings (SSSR count). The summed E-state index contributed by atoms with van der Waals surface area (Å²) in [6.07, 6.45) is 1.45. The van der Waals surface area contributed by atoms with Crippen LogP contribution in [0.15, 0.2) is 46.4 Å². The average molecular weight is 429 g/mol. The summed E-state index contributed by atoms with van der Waals surface area (Å²) in [5.41, 5.74) is 2.89. The maximum absolute atomic E-state index is 12.9. The molecule has 1 aliphatic heterocycles. The number of nitrogens with one attached hydrogen (secondary N) is 1. The average Bonchev–Trinajstić information content (AvgIpc) is 2.61. The number of urea groups is 1. The Morgan fingerprint density at radius 2 is 1.78 bits per heavy atom. The Hall–Kier alpha value is -2.93. The normalized spacial score (nSPS) is 15.9. The topological polar surface area (TPSA) is 75.7 Å². The van der Waals surface area contributed by atoms with Crippen molar-refractivity contribution in [3.63, 3.8) is 0 Å². The second-order valence-corrected chi connectivity index (χ2v) is 6.97. The molecule has 0 saturated carbocycles. The molecular weight excluding hydrogens is 412 g/mol. The van der Waals surface area contributed by atoms with Gasteiger partial charge in [-0.1, -0.05) is 12.1 Å². The molecule has 1 N–H and O–H groups in total. The lowest BCUT2D eigenvalue weighted by Crippen LogP contribution is -2.54. The second-order valence-electron chi connectivity index (χ2n) is 6.12. The second kappa shape index (κ2) is 7.36. The largest absolute Gasteiger partial charge is 0.496 e. The Morgan fingerprint density at radius 3 is 2.41 bits per heavy atom. The molecular formula is C20H17BrN2O4. The molecule has 0 radical (unpaired) electrons. The van der Waals surface area contributed by atoms with Gasteiger partial charge in [0.2, 0.25) is 0 Å². The molecule has 6 nitrogen and oxygen atoms in total. The Balaban J connectivity index is 2.01. The molecule has 1 fully saturated rings. The number of hydrogen-bond acceptors (Lipinski definition) is 4. The van der Waals surface area contributed by atoms with Gasteiger partial charge in [-0.2, -0.15) is 0 Å². The van der Waals surface area contributed by atoms with E-state index in [9.17, 15) is 14.4 Å².